The van der Waals surface area contributed by atoms with Gasteiger partial charge in [0.2, 0.25) is 0 Å². The molecule has 2 rings (SSSR count). The Morgan fingerprint density at radius 3 is 2.48 bits per heavy atom. The van der Waals surface area contributed by atoms with Crippen LogP contribution in [0.3, 0.4) is 0 Å². The van der Waals surface area contributed by atoms with Gasteiger partial charge in [0.25, 0.3) is 5.56 Å². The zero-order chi connectivity index (χ0) is 16.7. The average Bonchev–Trinajstić information content (AvgIpc) is 2.56. The van der Waals surface area contributed by atoms with E-state index in [0.29, 0.717) is 0 Å². The maximum Gasteiger partial charge on any atom is 0.339 e. The van der Waals surface area contributed by atoms with Crippen molar-refractivity contribution in [1.82, 2.24) is 4.57 Å². The van der Waals surface area contributed by atoms with E-state index >= 15 is 0 Å². The lowest BCUT2D eigenvalue weighted by Gasteiger charge is -2.08. The second-order valence-electron chi connectivity index (χ2n) is 4.75. The number of hydrogen-bond acceptors (Lipinski definition) is 5. The van der Waals surface area contributed by atoms with Crippen molar-refractivity contribution in [3.8, 4) is 0 Å². The Balaban J connectivity index is 2.05. The van der Waals surface area contributed by atoms with E-state index < -0.39 is 17.5 Å². The Bertz CT molecular complexity index is 736. The zero-order valence-electron chi connectivity index (χ0n) is 12.7. The summed E-state index contributed by atoms with van der Waals surface area (Å²) < 4.78 is 11.1. The molecule has 1 heterocycles. The Morgan fingerprint density at radius 2 is 1.78 bits per heavy atom. The molecule has 2 aromatic rings. The highest BCUT2D eigenvalue weighted by Gasteiger charge is 2.11. The van der Waals surface area contributed by atoms with Crippen molar-refractivity contribution in [1.29, 1.82) is 0 Å². The molecule has 1 aromatic carbocycles. The van der Waals surface area contributed by atoms with Crippen LogP contribution in [0.5, 0.6) is 0 Å². The molecule has 0 aliphatic rings. The normalized spacial score (nSPS) is 10.1. The van der Waals surface area contributed by atoms with E-state index in [4.69, 9.17) is 9.47 Å². The summed E-state index contributed by atoms with van der Waals surface area (Å²) in [7, 11) is 0. The van der Waals surface area contributed by atoms with Gasteiger partial charge in [-0.25, -0.2) is 4.79 Å². The summed E-state index contributed by atoms with van der Waals surface area (Å²) in [5.74, 6) is -1.10. The lowest BCUT2D eigenvalue weighted by molar-refractivity contribution is -0.143. The minimum Gasteiger partial charge on any atom is -0.465 e. The molecule has 0 saturated carbocycles. The number of pyridine rings is 1. The van der Waals surface area contributed by atoms with Gasteiger partial charge in [0, 0.05) is 12.3 Å². The van der Waals surface area contributed by atoms with E-state index in [1.807, 2.05) is 30.3 Å². The van der Waals surface area contributed by atoms with E-state index in [2.05, 4.69) is 0 Å². The molecule has 0 atom stereocenters. The number of hydrogen-bond donors (Lipinski definition) is 0. The lowest BCUT2D eigenvalue weighted by Crippen LogP contribution is -2.25. The standard InChI is InChI=1S/C17H17NO5/c1-2-22-16(20)11-18-10-14(8-9-15(18)19)17(21)23-12-13-6-4-3-5-7-13/h3-10H,2,11-12H2,1H3. The van der Waals surface area contributed by atoms with Crippen LogP contribution >= 0.6 is 0 Å². The first-order chi connectivity index (χ1) is 11.1. The zero-order valence-corrected chi connectivity index (χ0v) is 12.7. The maximum atomic E-state index is 12.0. The van der Waals surface area contributed by atoms with Crippen LogP contribution in [0, 0.1) is 0 Å². The van der Waals surface area contributed by atoms with Crippen molar-refractivity contribution in [2.45, 2.75) is 20.1 Å². The molecule has 0 radical (unpaired) electrons. The molecule has 1 aromatic heterocycles. The highest BCUT2D eigenvalue weighted by Crippen LogP contribution is 2.05. The van der Waals surface area contributed by atoms with Crippen molar-refractivity contribution in [3.05, 3.63) is 70.1 Å². The lowest BCUT2D eigenvalue weighted by atomic mass is 10.2. The molecule has 0 unspecified atom stereocenters. The Hall–Kier alpha value is -2.89. The summed E-state index contributed by atoms with van der Waals surface area (Å²) in [4.78, 5) is 35.2. The summed E-state index contributed by atoms with van der Waals surface area (Å²) >= 11 is 0. The fourth-order valence-electron chi connectivity index (χ4n) is 1.93. The molecule has 0 saturated heterocycles. The van der Waals surface area contributed by atoms with Gasteiger partial charge in [-0.15, -0.1) is 0 Å². The summed E-state index contributed by atoms with van der Waals surface area (Å²) in [5.41, 5.74) is 0.670. The number of carbonyl (C=O) groups excluding carboxylic acids is 2. The number of ether oxygens (including phenoxy) is 2. The Morgan fingerprint density at radius 1 is 1.04 bits per heavy atom. The van der Waals surface area contributed by atoms with Crippen LogP contribution in [-0.4, -0.2) is 23.1 Å². The Labute approximate surface area is 133 Å². The number of esters is 2. The van der Waals surface area contributed by atoms with Gasteiger partial charge in [0.15, 0.2) is 0 Å². The molecule has 6 nitrogen and oxygen atoms in total. The molecule has 23 heavy (non-hydrogen) atoms. The average molecular weight is 315 g/mol. The molecule has 0 N–H and O–H groups in total. The summed E-state index contributed by atoms with van der Waals surface area (Å²) in [6, 6.07) is 11.8. The monoisotopic (exact) mass is 315 g/mol. The third-order valence-electron chi connectivity index (χ3n) is 3.04. The van der Waals surface area contributed by atoms with Crippen LogP contribution < -0.4 is 5.56 Å². The van der Waals surface area contributed by atoms with E-state index in [9.17, 15) is 14.4 Å². The second kappa shape index (κ2) is 7.93. The summed E-state index contributed by atoms with van der Waals surface area (Å²) in [5, 5.41) is 0. The molecule has 120 valence electrons. The van der Waals surface area contributed by atoms with Crippen molar-refractivity contribution >= 4 is 11.9 Å². The van der Waals surface area contributed by atoms with Gasteiger partial charge < -0.3 is 14.0 Å². The first kappa shape index (κ1) is 16.5. The number of benzene rings is 1. The van der Waals surface area contributed by atoms with Gasteiger partial charge in [-0.05, 0) is 18.6 Å². The summed E-state index contributed by atoms with van der Waals surface area (Å²) in [6.07, 6.45) is 1.30. The molecule has 0 aliphatic heterocycles. The van der Waals surface area contributed by atoms with E-state index in [1.54, 1.807) is 6.92 Å². The SMILES string of the molecule is CCOC(=O)Cn1cc(C(=O)OCc2ccccc2)ccc1=O. The molecule has 0 bridgehead atoms. The van der Waals surface area contributed by atoms with Gasteiger partial charge in [-0.3, -0.25) is 9.59 Å². The number of aromatic nitrogens is 1. The van der Waals surface area contributed by atoms with Crippen molar-refractivity contribution < 1.29 is 19.1 Å². The predicted molar refractivity (Wildman–Crippen MR) is 82.9 cm³/mol. The molecular weight excluding hydrogens is 298 g/mol. The molecular formula is C17H17NO5. The third kappa shape index (κ3) is 4.81. The van der Waals surface area contributed by atoms with Crippen LogP contribution in [0.4, 0.5) is 0 Å². The fraction of sp³-hybridized carbons (Fsp3) is 0.235. The number of carbonyl (C=O) groups is 2. The van der Waals surface area contributed by atoms with Crippen molar-refractivity contribution in [2.75, 3.05) is 6.61 Å². The van der Waals surface area contributed by atoms with Crippen LogP contribution in [-0.2, 0) is 27.4 Å². The number of rotatable bonds is 6. The maximum absolute atomic E-state index is 12.0. The van der Waals surface area contributed by atoms with Gasteiger partial charge in [-0.2, -0.15) is 0 Å². The third-order valence-corrected chi connectivity index (χ3v) is 3.04. The van der Waals surface area contributed by atoms with E-state index in [-0.39, 0.29) is 25.3 Å². The predicted octanol–water partition coefficient (Wildman–Crippen LogP) is 1.77. The Kier molecular flexibility index (Phi) is 5.68. The second-order valence-corrected chi connectivity index (χ2v) is 4.75. The first-order valence-electron chi connectivity index (χ1n) is 7.17. The smallest absolute Gasteiger partial charge is 0.339 e. The van der Waals surface area contributed by atoms with Crippen molar-refractivity contribution in [2.24, 2.45) is 0 Å². The molecule has 0 amide bonds. The van der Waals surface area contributed by atoms with E-state index in [0.717, 1.165) is 10.1 Å². The van der Waals surface area contributed by atoms with Crippen molar-refractivity contribution in [3.63, 3.8) is 0 Å². The largest absolute Gasteiger partial charge is 0.465 e. The van der Waals surface area contributed by atoms with Crippen LogP contribution in [0.1, 0.15) is 22.8 Å². The van der Waals surface area contributed by atoms with Crippen LogP contribution in [0.15, 0.2) is 53.5 Å². The highest BCUT2D eigenvalue weighted by molar-refractivity contribution is 5.89. The summed E-state index contributed by atoms with van der Waals surface area (Å²) in [6.45, 7) is 1.80. The molecule has 0 spiro atoms. The van der Waals surface area contributed by atoms with Gasteiger partial charge in [0.05, 0.1) is 12.2 Å². The topological polar surface area (TPSA) is 74.6 Å². The highest BCUT2D eigenvalue weighted by atomic mass is 16.5. The number of nitrogens with zero attached hydrogens (tertiary/aromatic N) is 1. The van der Waals surface area contributed by atoms with Gasteiger partial charge in [-0.1, -0.05) is 30.3 Å². The van der Waals surface area contributed by atoms with Crippen LogP contribution in [0.2, 0.25) is 0 Å². The molecule has 0 fully saturated rings. The van der Waals surface area contributed by atoms with Gasteiger partial charge >= 0.3 is 11.9 Å². The molecule has 0 aliphatic carbocycles. The first-order valence-corrected chi connectivity index (χ1v) is 7.17. The van der Waals surface area contributed by atoms with Gasteiger partial charge in [0.1, 0.15) is 13.2 Å². The minimum absolute atomic E-state index is 0.136. The van der Waals surface area contributed by atoms with Crippen LogP contribution in [0.25, 0.3) is 0 Å². The minimum atomic E-state index is -0.563. The van der Waals surface area contributed by atoms with E-state index in [1.165, 1.54) is 18.3 Å². The molecule has 6 heteroatoms. The quantitative estimate of drug-likeness (QED) is 0.760. The fourth-order valence-corrected chi connectivity index (χ4v) is 1.93.